The van der Waals surface area contributed by atoms with E-state index < -0.39 is 5.56 Å². The molecule has 0 saturated carbocycles. The first-order valence-electron chi connectivity index (χ1n) is 4.60. The summed E-state index contributed by atoms with van der Waals surface area (Å²) in [5, 5.41) is 4.39. The summed E-state index contributed by atoms with van der Waals surface area (Å²) >= 11 is 17.3. The third-order valence-electron chi connectivity index (χ3n) is 2.08. The lowest BCUT2D eigenvalue weighted by atomic mass is 10.3. The van der Waals surface area contributed by atoms with Crippen molar-refractivity contribution >= 4 is 34.8 Å². The molecule has 4 nitrogen and oxygen atoms in total. The first-order chi connectivity index (χ1) is 8.09. The van der Waals surface area contributed by atoms with Gasteiger partial charge in [-0.25, -0.2) is 4.68 Å². The maximum atomic E-state index is 11.7. The van der Waals surface area contributed by atoms with Gasteiger partial charge in [-0.2, -0.15) is 5.10 Å². The van der Waals surface area contributed by atoms with E-state index in [1.165, 1.54) is 6.20 Å². The van der Waals surface area contributed by atoms with Crippen molar-refractivity contribution in [1.29, 1.82) is 0 Å². The molecular weight excluding hydrogens is 284 g/mol. The van der Waals surface area contributed by atoms with Gasteiger partial charge in [0.25, 0.3) is 5.56 Å². The lowest BCUT2D eigenvalue weighted by molar-refractivity contribution is 0.628. The Labute approximate surface area is 112 Å². The Hall–Kier alpha value is -1.10. The molecule has 0 N–H and O–H groups in total. The van der Waals surface area contributed by atoms with Crippen molar-refractivity contribution in [3.63, 3.8) is 0 Å². The molecule has 0 radical (unpaired) electrons. The minimum Gasteiger partial charge on any atom is -0.266 e. The van der Waals surface area contributed by atoms with Crippen LogP contribution in [0.1, 0.15) is 5.69 Å². The molecule has 17 heavy (non-hydrogen) atoms. The molecule has 2 heterocycles. The Balaban J connectivity index is 2.41. The highest BCUT2D eigenvalue weighted by atomic mass is 35.5. The van der Waals surface area contributed by atoms with Crippen LogP contribution in [0.3, 0.4) is 0 Å². The molecule has 0 atom stereocenters. The van der Waals surface area contributed by atoms with Gasteiger partial charge in [-0.05, 0) is 12.1 Å². The molecule has 0 aliphatic rings. The van der Waals surface area contributed by atoms with Crippen molar-refractivity contribution in [3.05, 3.63) is 55.6 Å². The second-order valence-corrected chi connectivity index (χ2v) is 4.39. The number of hydrogen-bond donors (Lipinski definition) is 0. The Bertz CT molecular complexity index is 612. The maximum absolute atomic E-state index is 11.7. The van der Waals surface area contributed by atoms with E-state index in [9.17, 15) is 4.79 Å². The van der Waals surface area contributed by atoms with E-state index in [1.54, 1.807) is 18.3 Å². The molecule has 0 saturated heterocycles. The van der Waals surface area contributed by atoms with Gasteiger partial charge >= 0.3 is 0 Å². The molecule has 0 spiro atoms. The highest BCUT2D eigenvalue weighted by Gasteiger charge is 2.09. The lowest BCUT2D eigenvalue weighted by Gasteiger charge is -2.06. The van der Waals surface area contributed by atoms with Crippen molar-refractivity contribution in [1.82, 2.24) is 14.8 Å². The van der Waals surface area contributed by atoms with Crippen LogP contribution in [0.15, 0.2) is 29.3 Å². The van der Waals surface area contributed by atoms with E-state index in [2.05, 4.69) is 10.1 Å². The minimum atomic E-state index is -0.471. The number of rotatable bonds is 2. The molecular formula is C10H6Cl3N3O. The summed E-state index contributed by atoms with van der Waals surface area (Å²) in [5.74, 6) is 0. The summed E-state index contributed by atoms with van der Waals surface area (Å²) in [7, 11) is 0. The zero-order valence-corrected chi connectivity index (χ0v) is 10.7. The van der Waals surface area contributed by atoms with Gasteiger partial charge in [0.15, 0.2) is 0 Å². The molecule has 88 valence electrons. The van der Waals surface area contributed by atoms with E-state index in [1.807, 2.05) is 0 Å². The predicted octanol–water partition coefficient (Wildman–Crippen LogP) is 2.65. The Morgan fingerprint density at radius 3 is 2.71 bits per heavy atom. The molecule has 0 aliphatic heterocycles. The Kier molecular flexibility index (Phi) is 3.66. The second kappa shape index (κ2) is 5.04. The first-order valence-corrected chi connectivity index (χ1v) is 5.73. The van der Waals surface area contributed by atoms with Crippen LogP contribution in [0.5, 0.6) is 0 Å². The first kappa shape index (κ1) is 12.4. The number of halogens is 3. The second-order valence-electron chi connectivity index (χ2n) is 3.20. The van der Waals surface area contributed by atoms with Crippen molar-refractivity contribution < 1.29 is 0 Å². The smallest absolute Gasteiger partial charge is 0.266 e. The van der Waals surface area contributed by atoms with Crippen molar-refractivity contribution in [3.8, 4) is 0 Å². The highest BCUT2D eigenvalue weighted by Crippen LogP contribution is 2.16. The minimum absolute atomic E-state index is 0.0614. The summed E-state index contributed by atoms with van der Waals surface area (Å²) in [6.45, 7) is 0.148. The van der Waals surface area contributed by atoms with E-state index in [-0.39, 0.29) is 16.6 Å². The molecule has 7 heteroatoms. The van der Waals surface area contributed by atoms with Crippen LogP contribution < -0.4 is 5.56 Å². The summed E-state index contributed by atoms with van der Waals surface area (Å²) in [6.07, 6.45) is 2.89. The highest BCUT2D eigenvalue weighted by molar-refractivity contribution is 6.41. The molecule has 2 aromatic rings. The van der Waals surface area contributed by atoms with E-state index in [4.69, 9.17) is 34.8 Å². The average molecular weight is 291 g/mol. The van der Waals surface area contributed by atoms with Gasteiger partial charge in [-0.3, -0.25) is 9.78 Å². The van der Waals surface area contributed by atoms with Crippen molar-refractivity contribution in [2.45, 2.75) is 6.54 Å². The van der Waals surface area contributed by atoms with Gasteiger partial charge in [0, 0.05) is 6.20 Å². The molecule has 0 bridgehead atoms. The normalized spacial score (nSPS) is 10.5. The number of hydrogen-bond acceptors (Lipinski definition) is 3. The van der Waals surface area contributed by atoms with E-state index in [0.29, 0.717) is 10.7 Å². The monoisotopic (exact) mass is 289 g/mol. The zero-order valence-electron chi connectivity index (χ0n) is 8.40. The fourth-order valence-corrected chi connectivity index (χ4v) is 1.69. The van der Waals surface area contributed by atoms with E-state index >= 15 is 0 Å². The maximum Gasteiger partial charge on any atom is 0.287 e. The Morgan fingerprint density at radius 1 is 1.24 bits per heavy atom. The molecule has 2 rings (SSSR count). The van der Waals surface area contributed by atoms with Crippen LogP contribution in [0.4, 0.5) is 0 Å². The summed E-state index contributed by atoms with van der Waals surface area (Å²) in [6, 6.07) is 3.39. The van der Waals surface area contributed by atoms with Crippen LogP contribution in [0.2, 0.25) is 15.1 Å². The van der Waals surface area contributed by atoms with Gasteiger partial charge < -0.3 is 0 Å². The van der Waals surface area contributed by atoms with Crippen LogP contribution in [-0.4, -0.2) is 14.8 Å². The molecule has 0 unspecified atom stereocenters. The van der Waals surface area contributed by atoms with Gasteiger partial charge in [-0.1, -0.05) is 34.8 Å². The number of aromatic nitrogens is 3. The quantitative estimate of drug-likeness (QED) is 0.854. The third-order valence-corrected chi connectivity index (χ3v) is 3.17. The van der Waals surface area contributed by atoms with Crippen molar-refractivity contribution in [2.24, 2.45) is 0 Å². The molecule has 2 aromatic heterocycles. The SMILES string of the molecule is O=c1c(Cl)c(Cl)cnn1Cc1ncccc1Cl. The molecule has 0 aromatic carbocycles. The molecule has 0 amide bonds. The third kappa shape index (κ3) is 2.60. The van der Waals surface area contributed by atoms with E-state index in [0.717, 1.165) is 4.68 Å². The summed E-state index contributed by atoms with van der Waals surface area (Å²) in [4.78, 5) is 15.8. The van der Waals surface area contributed by atoms with Gasteiger partial charge in [-0.15, -0.1) is 0 Å². The fraction of sp³-hybridized carbons (Fsp3) is 0.100. The van der Waals surface area contributed by atoms with Crippen LogP contribution in [0.25, 0.3) is 0 Å². The number of nitrogens with zero attached hydrogens (tertiary/aromatic N) is 3. The summed E-state index contributed by atoms with van der Waals surface area (Å²) in [5.41, 5.74) is 0.0723. The molecule has 0 aliphatic carbocycles. The standard InChI is InChI=1S/C10H6Cl3N3O/c11-6-2-1-3-14-8(6)5-16-10(17)9(13)7(12)4-15-16/h1-4H,5H2. The van der Waals surface area contributed by atoms with Gasteiger partial charge in [0.1, 0.15) is 5.02 Å². The van der Waals surface area contributed by atoms with Gasteiger partial charge in [0.2, 0.25) is 0 Å². The van der Waals surface area contributed by atoms with Gasteiger partial charge in [0.05, 0.1) is 28.5 Å². The average Bonchev–Trinajstić information content (AvgIpc) is 2.32. The summed E-state index contributed by atoms with van der Waals surface area (Å²) < 4.78 is 1.16. The molecule has 0 fully saturated rings. The van der Waals surface area contributed by atoms with Crippen LogP contribution >= 0.6 is 34.8 Å². The van der Waals surface area contributed by atoms with Crippen LogP contribution in [0, 0.1) is 0 Å². The predicted molar refractivity (Wildman–Crippen MR) is 66.9 cm³/mol. The largest absolute Gasteiger partial charge is 0.287 e. The Morgan fingerprint density at radius 2 is 2.00 bits per heavy atom. The fourth-order valence-electron chi connectivity index (χ4n) is 1.23. The lowest BCUT2D eigenvalue weighted by Crippen LogP contribution is -2.24. The topological polar surface area (TPSA) is 47.8 Å². The van der Waals surface area contributed by atoms with Crippen LogP contribution in [-0.2, 0) is 6.54 Å². The van der Waals surface area contributed by atoms with Crippen molar-refractivity contribution in [2.75, 3.05) is 0 Å². The zero-order chi connectivity index (χ0) is 12.4. The number of pyridine rings is 1.